The molecule has 16 heavy (non-hydrogen) atoms. The SMILES string of the molecule is OC(Cc1ccccc1Cl)c1sccc1Br. The first-order valence-electron chi connectivity index (χ1n) is 4.83. The van der Waals surface area contributed by atoms with E-state index in [1.807, 2.05) is 35.7 Å². The highest BCUT2D eigenvalue weighted by atomic mass is 79.9. The van der Waals surface area contributed by atoms with Crippen molar-refractivity contribution in [2.24, 2.45) is 0 Å². The van der Waals surface area contributed by atoms with Crippen molar-refractivity contribution < 1.29 is 5.11 Å². The van der Waals surface area contributed by atoms with Gasteiger partial charge in [0, 0.05) is 20.8 Å². The summed E-state index contributed by atoms with van der Waals surface area (Å²) in [6, 6.07) is 9.53. The van der Waals surface area contributed by atoms with Crippen LogP contribution < -0.4 is 0 Å². The monoisotopic (exact) mass is 316 g/mol. The number of aliphatic hydroxyl groups is 1. The summed E-state index contributed by atoms with van der Waals surface area (Å²) in [6.45, 7) is 0. The lowest BCUT2D eigenvalue weighted by molar-refractivity contribution is 0.181. The highest BCUT2D eigenvalue weighted by Crippen LogP contribution is 2.32. The van der Waals surface area contributed by atoms with E-state index in [2.05, 4.69) is 15.9 Å². The van der Waals surface area contributed by atoms with Crippen LogP contribution in [0, 0.1) is 0 Å². The molecule has 1 heterocycles. The van der Waals surface area contributed by atoms with E-state index in [1.54, 1.807) is 11.3 Å². The maximum atomic E-state index is 10.1. The van der Waals surface area contributed by atoms with Gasteiger partial charge in [0.15, 0.2) is 0 Å². The van der Waals surface area contributed by atoms with Gasteiger partial charge < -0.3 is 5.11 Å². The second kappa shape index (κ2) is 5.32. The largest absolute Gasteiger partial charge is 0.387 e. The molecule has 0 fully saturated rings. The van der Waals surface area contributed by atoms with Gasteiger partial charge >= 0.3 is 0 Å². The van der Waals surface area contributed by atoms with E-state index in [1.165, 1.54) is 0 Å². The molecule has 84 valence electrons. The molecule has 1 N–H and O–H groups in total. The molecule has 1 nitrogen and oxygen atoms in total. The number of rotatable bonds is 3. The number of halogens is 2. The molecule has 0 bridgehead atoms. The van der Waals surface area contributed by atoms with Crippen LogP contribution in [0.1, 0.15) is 16.5 Å². The summed E-state index contributed by atoms with van der Waals surface area (Å²) in [7, 11) is 0. The first-order valence-corrected chi connectivity index (χ1v) is 6.88. The van der Waals surface area contributed by atoms with E-state index in [0.717, 1.165) is 14.9 Å². The summed E-state index contributed by atoms with van der Waals surface area (Å²) < 4.78 is 0.956. The van der Waals surface area contributed by atoms with Gasteiger partial charge in [-0.3, -0.25) is 0 Å². The van der Waals surface area contributed by atoms with Gasteiger partial charge in [-0.2, -0.15) is 0 Å². The number of hydrogen-bond acceptors (Lipinski definition) is 2. The maximum absolute atomic E-state index is 10.1. The van der Waals surface area contributed by atoms with E-state index >= 15 is 0 Å². The Kier molecular flexibility index (Phi) is 4.03. The number of aliphatic hydroxyl groups excluding tert-OH is 1. The second-order valence-electron chi connectivity index (χ2n) is 3.44. The van der Waals surface area contributed by atoms with E-state index in [9.17, 15) is 5.11 Å². The zero-order valence-corrected chi connectivity index (χ0v) is 11.5. The van der Waals surface area contributed by atoms with Crippen LogP contribution >= 0.6 is 38.9 Å². The molecule has 1 aromatic heterocycles. The average molecular weight is 318 g/mol. The van der Waals surface area contributed by atoms with Crippen molar-refractivity contribution in [2.45, 2.75) is 12.5 Å². The zero-order valence-electron chi connectivity index (χ0n) is 8.36. The van der Waals surface area contributed by atoms with Crippen molar-refractivity contribution >= 4 is 38.9 Å². The molecule has 1 unspecified atom stereocenters. The van der Waals surface area contributed by atoms with E-state index in [4.69, 9.17) is 11.6 Å². The molecule has 1 aromatic carbocycles. The fraction of sp³-hybridized carbons (Fsp3) is 0.167. The van der Waals surface area contributed by atoms with Crippen LogP contribution in [0.3, 0.4) is 0 Å². The minimum Gasteiger partial charge on any atom is -0.387 e. The van der Waals surface area contributed by atoms with Crippen LogP contribution in [-0.2, 0) is 6.42 Å². The van der Waals surface area contributed by atoms with Crippen molar-refractivity contribution in [1.82, 2.24) is 0 Å². The fourth-order valence-corrected chi connectivity index (χ4v) is 3.34. The Morgan fingerprint density at radius 2 is 2.06 bits per heavy atom. The minimum absolute atomic E-state index is 0.505. The summed E-state index contributed by atoms with van der Waals surface area (Å²) in [5.41, 5.74) is 0.969. The average Bonchev–Trinajstić information content (AvgIpc) is 2.68. The van der Waals surface area contributed by atoms with E-state index in [-0.39, 0.29) is 0 Å². The van der Waals surface area contributed by atoms with Crippen LogP contribution in [0.5, 0.6) is 0 Å². The van der Waals surface area contributed by atoms with E-state index < -0.39 is 6.10 Å². The lowest BCUT2D eigenvalue weighted by Gasteiger charge is -2.10. The van der Waals surface area contributed by atoms with Gasteiger partial charge in [0.05, 0.1) is 6.10 Å². The number of thiophene rings is 1. The highest BCUT2D eigenvalue weighted by molar-refractivity contribution is 9.10. The minimum atomic E-state index is -0.505. The summed E-state index contributed by atoms with van der Waals surface area (Å²) in [5.74, 6) is 0. The Morgan fingerprint density at radius 1 is 1.31 bits per heavy atom. The van der Waals surface area contributed by atoms with Crippen LogP contribution in [0.2, 0.25) is 5.02 Å². The molecule has 0 aliphatic carbocycles. The lowest BCUT2D eigenvalue weighted by Crippen LogP contribution is -2.00. The number of hydrogen-bond donors (Lipinski definition) is 1. The van der Waals surface area contributed by atoms with Crippen molar-refractivity contribution in [3.8, 4) is 0 Å². The van der Waals surface area contributed by atoms with Crippen LogP contribution in [0.4, 0.5) is 0 Å². The summed E-state index contributed by atoms with van der Waals surface area (Å²) >= 11 is 11.0. The third-order valence-electron chi connectivity index (χ3n) is 2.32. The Labute approximate surface area is 112 Å². The van der Waals surface area contributed by atoms with Gasteiger partial charge in [-0.25, -0.2) is 0 Å². The molecule has 0 aliphatic rings. The molecule has 0 aliphatic heterocycles. The van der Waals surface area contributed by atoms with Crippen molar-refractivity contribution in [3.63, 3.8) is 0 Å². The standard InChI is InChI=1S/C12H10BrClOS/c13-9-5-6-16-12(9)11(15)7-8-3-1-2-4-10(8)14/h1-6,11,15H,7H2. The second-order valence-corrected chi connectivity index (χ2v) is 5.65. The molecule has 0 saturated carbocycles. The topological polar surface area (TPSA) is 20.2 Å². The van der Waals surface area contributed by atoms with Crippen molar-refractivity contribution in [1.29, 1.82) is 0 Å². The molecule has 1 atom stereocenters. The van der Waals surface area contributed by atoms with E-state index in [0.29, 0.717) is 11.4 Å². The zero-order chi connectivity index (χ0) is 11.5. The first kappa shape index (κ1) is 12.1. The predicted molar refractivity (Wildman–Crippen MR) is 72.1 cm³/mol. The maximum Gasteiger partial charge on any atom is 0.0934 e. The molecule has 0 amide bonds. The Hall–Kier alpha value is -0.350. The summed E-state index contributed by atoms with van der Waals surface area (Å²) in [5, 5.41) is 12.7. The third-order valence-corrected chi connectivity index (χ3v) is 4.66. The third kappa shape index (κ3) is 2.66. The molecule has 0 radical (unpaired) electrons. The molecule has 0 saturated heterocycles. The normalized spacial score (nSPS) is 12.7. The Bertz CT molecular complexity index is 483. The Balaban J connectivity index is 2.17. The molecule has 2 rings (SSSR count). The summed E-state index contributed by atoms with van der Waals surface area (Å²) in [6.07, 6.45) is 0.0352. The molecule has 4 heteroatoms. The smallest absolute Gasteiger partial charge is 0.0934 e. The molecule has 0 spiro atoms. The Morgan fingerprint density at radius 3 is 2.69 bits per heavy atom. The van der Waals surface area contributed by atoms with Crippen molar-refractivity contribution in [2.75, 3.05) is 0 Å². The van der Waals surface area contributed by atoms with Gasteiger partial charge in [0.25, 0.3) is 0 Å². The van der Waals surface area contributed by atoms with Gasteiger partial charge in [0.2, 0.25) is 0 Å². The molecule has 2 aromatic rings. The molecular formula is C12H10BrClOS. The van der Waals surface area contributed by atoms with Crippen LogP contribution in [0.15, 0.2) is 40.2 Å². The molecular weight excluding hydrogens is 308 g/mol. The van der Waals surface area contributed by atoms with Gasteiger partial charge in [-0.15, -0.1) is 11.3 Å². The van der Waals surface area contributed by atoms with Crippen LogP contribution in [-0.4, -0.2) is 5.11 Å². The predicted octanol–water partition coefficient (Wildman–Crippen LogP) is 4.44. The quantitative estimate of drug-likeness (QED) is 0.887. The summed E-state index contributed by atoms with van der Waals surface area (Å²) in [4.78, 5) is 0.944. The van der Waals surface area contributed by atoms with Gasteiger partial charge in [-0.1, -0.05) is 29.8 Å². The first-order chi connectivity index (χ1) is 7.68. The van der Waals surface area contributed by atoms with Gasteiger partial charge in [-0.05, 0) is 39.0 Å². The number of benzene rings is 1. The fourth-order valence-electron chi connectivity index (χ4n) is 1.51. The lowest BCUT2D eigenvalue weighted by atomic mass is 10.1. The van der Waals surface area contributed by atoms with Crippen LogP contribution in [0.25, 0.3) is 0 Å². The van der Waals surface area contributed by atoms with Crippen molar-refractivity contribution in [3.05, 3.63) is 55.6 Å². The van der Waals surface area contributed by atoms with Gasteiger partial charge in [0.1, 0.15) is 0 Å². The highest BCUT2D eigenvalue weighted by Gasteiger charge is 2.14.